The number of alkyl halides is 3. The predicted molar refractivity (Wildman–Crippen MR) is 30.7 cm³/mol. The van der Waals surface area contributed by atoms with E-state index in [2.05, 4.69) is 10.1 Å². The molecule has 1 aromatic rings. The van der Waals surface area contributed by atoms with Gasteiger partial charge in [0.25, 0.3) is 0 Å². The van der Waals surface area contributed by atoms with E-state index in [-0.39, 0.29) is 5.95 Å². The van der Waals surface area contributed by atoms with Crippen LogP contribution in [0.15, 0.2) is 0 Å². The monoisotopic (exact) mass is 166 g/mol. The summed E-state index contributed by atoms with van der Waals surface area (Å²) in [5, 5.41) is 4.95. The van der Waals surface area contributed by atoms with E-state index in [1.54, 1.807) is 0 Å². The van der Waals surface area contributed by atoms with Crippen LogP contribution < -0.4 is 5.73 Å². The SMILES string of the molecule is Nc1n[nH]c(C(F)(F)CF)n1. The Morgan fingerprint density at radius 3 is 2.55 bits per heavy atom. The molecule has 0 amide bonds. The Balaban J connectivity index is 2.92. The van der Waals surface area contributed by atoms with Gasteiger partial charge in [-0.05, 0) is 0 Å². The van der Waals surface area contributed by atoms with Crippen molar-refractivity contribution in [3.8, 4) is 0 Å². The second-order valence-corrected chi connectivity index (χ2v) is 1.88. The molecule has 0 aliphatic carbocycles. The molecule has 1 heterocycles. The van der Waals surface area contributed by atoms with E-state index in [4.69, 9.17) is 5.73 Å². The maximum Gasteiger partial charge on any atom is 0.333 e. The number of aromatic amines is 1. The molecular weight excluding hydrogens is 161 g/mol. The molecule has 0 saturated carbocycles. The Bertz CT molecular complexity index is 245. The van der Waals surface area contributed by atoms with Crippen molar-refractivity contribution >= 4 is 5.95 Å². The summed E-state index contributed by atoms with van der Waals surface area (Å²) in [5.41, 5.74) is 4.92. The maximum atomic E-state index is 12.3. The number of H-pyrrole nitrogens is 1. The third kappa shape index (κ3) is 1.41. The number of halogens is 3. The number of hydrogen-bond donors (Lipinski definition) is 2. The first kappa shape index (κ1) is 7.83. The summed E-state index contributed by atoms with van der Waals surface area (Å²) in [6.45, 7) is -1.82. The van der Waals surface area contributed by atoms with Gasteiger partial charge in [-0.15, -0.1) is 5.10 Å². The van der Waals surface area contributed by atoms with Gasteiger partial charge in [-0.25, -0.2) is 4.39 Å². The fraction of sp³-hybridized carbons (Fsp3) is 0.500. The Morgan fingerprint density at radius 2 is 2.18 bits per heavy atom. The lowest BCUT2D eigenvalue weighted by atomic mass is 10.3. The van der Waals surface area contributed by atoms with Crippen LogP contribution in [0.2, 0.25) is 0 Å². The third-order valence-electron chi connectivity index (χ3n) is 1.02. The number of nitrogen functional groups attached to an aromatic ring is 1. The van der Waals surface area contributed by atoms with E-state index in [1.807, 2.05) is 5.10 Å². The quantitative estimate of drug-likeness (QED) is 0.670. The van der Waals surface area contributed by atoms with Crippen molar-refractivity contribution in [2.45, 2.75) is 5.92 Å². The van der Waals surface area contributed by atoms with Crippen LogP contribution in [-0.2, 0) is 5.92 Å². The minimum Gasteiger partial charge on any atom is -0.367 e. The lowest BCUT2D eigenvalue weighted by Gasteiger charge is -2.05. The van der Waals surface area contributed by atoms with Gasteiger partial charge in [-0.1, -0.05) is 0 Å². The molecule has 0 aliphatic heterocycles. The van der Waals surface area contributed by atoms with Crippen LogP contribution in [-0.4, -0.2) is 21.9 Å². The molecule has 11 heavy (non-hydrogen) atoms. The minimum absolute atomic E-state index is 0.326. The van der Waals surface area contributed by atoms with Crippen molar-refractivity contribution in [2.24, 2.45) is 0 Å². The second-order valence-electron chi connectivity index (χ2n) is 1.88. The molecular formula is C4H5F3N4. The zero-order valence-corrected chi connectivity index (χ0v) is 5.31. The molecule has 4 nitrogen and oxygen atoms in total. The van der Waals surface area contributed by atoms with Gasteiger partial charge in [0.15, 0.2) is 12.5 Å². The van der Waals surface area contributed by atoms with E-state index >= 15 is 0 Å². The summed E-state index contributed by atoms with van der Waals surface area (Å²) in [7, 11) is 0. The second kappa shape index (κ2) is 2.40. The van der Waals surface area contributed by atoms with Crippen LogP contribution in [0.3, 0.4) is 0 Å². The van der Waals surface area contributed by atoms with E-state index in [0.717, 1.165) is 0 Å². The van der Waals surface area contributed by atoms with Gasteiger partial charge < -0.3 is 5.73 Å². The molecule has 1 aromatic heterocycles. The molecule has 0 saturated heterocycles. The largest absolute Gasteiger partial charge is 0.367 e. The topological polar surface area (TPSA) is 67.6 Å². The predicted octanol–water partition coefficient (Wildman–Crippen LogP) is 0.448. The third-order valence-corrected chi connectivity index (χ3v) is 1.02. The zero-order chi connectivity index (χ0) is 8.48. The van der Waals surface area contributed by atoms with Gasteiger partial charge in [-0.2, -0.15) is 13.8 Å². The summed E-state index contributed by atoms with van der Waals surface area (Å²) in [6.07, 6.45) is 0. The standard InChI is InChI=1S/C4H5F3N4/c5-1-4(6,7)2-9-3(8)11-10-2/h1H2,(H3,8,9,10,11). The van der Waals surface area contributed by atoms with E-state index in [0.29, 0.717) is 0 Å². The smallest absolute Gasteiger partial charge is 0.333 e. The van der Waals surface area contributed by atoms with Crippen LogP contribution in [0, 0.1) is 0 Å². The summed E-state index contributed by atoms with van der Waals surface area (Å²) in [5.74, 6) is -4.80. The average Bonchev–Trinajstić information content (AvgIpc) is 2.36. The molecule has 0 atom stereocenters. The first-order chi connectivity index (χ1) is 5.06. The molecule has 0 aromatic carbocycles. The number of rotatable bonds is 2. The fourth-order valence-corrected chi connectivity index (χ4v) is 0.502. The molecule has 7 heteroatoms. The number of nitrogens with two attached hydrogens (primary N) is 1. The number of hydrogen-bond acceptors (Lipinski definition) is 3. The molecule has 0 radical (unpaired) electrons. The summed E-state index contributed by atoms with van der Waals surface area (Å²) in [4.78, 5) is 3.07. The van der Waals surface area contributed by atoms with E-state index in [1.165, 1.54) is 0 Å². The van der Waals surface area contributed by atoms with Crippen LogP contribution in [0.25, 0.3) is 0 Å². The van der Waals surface area contributed by atoms with Gasteiger partial charge in [0.2, 0.25) is 5.95 Å². The van der Waals surface area contributed by atoms with Crippen LogP contribution >= 0.6 is 0 Å². The Hall–Kier alpha value is -1.27. The number of anilines is 1. The summed E-state index contributed by atoms with van der Waals surface area (Å²) >= 11 is 0. The number of aromatic nitrogens is 3. The molecule has 0 unspecified atom stereocenters. The molecule has 0 fully saturated rings. The first-order valence-electron chi connectivity index (χ1n) is 2.68. The van der Waals surface area contributed by atoms with Crippen molar-refractivity contribution in [1.82, 2.24) is 15.2 Å². The zero-order valence-electron chi connectivity index (χ0n) is 5.31. The Kier molecular flexibility index (Phi) is 1.71. The highest BCUT2D eigenvalue weighted by Gasteiger charge is 2.35. The highest BCUT2D eigenvalue weighted by atomic mass is 19.3. The van der Waals surface area contributed by atoms with Gasteiger partial charge >= 0.3 is 5.92 Å². The first-order valence-corrected chi connectivity index (χ1v) is 2.68. The Morgan fingerprint density at radius 1 is 1.55 bits per heavy atom. The number of nitrogens with one attached hydrogen (secondary N) is 1. The van der Waals surface area contributed by atoms with Crippen LogP contribution in [0.5, 0.6) is 0 Å². The lowest BCUT2D eigenvalue weighted by molar-refractivity contribution is -0.0361. The van der Waals surface area contributed by atoms with E-state index in [9.17, 15) is 13.2 Å². The molecule has 0 bridgehead atoms. The van der Waals surface area contributed by atoms with Gasteiger partial charge in [-0.3, -0.25) is 5.10 Å². The average molecular weight is 166 g/mol. The lowest BCUT2D eigenvalue weighted by Crippen LogP contribution is -2.17. The van der Waals surface area contributed by atoms with Crippen LogP contribution in [0.1, 0.15) is 5.82 Å². The van der Waals surface area contributed by atoms with Crippen molar-refractivity contribution in [2.75, 3.05) is 12.4 Å². The minimum atomic E-state index is -3.62. The maximum absolute atomic E-state index is 12.3. The number of nitrogens with zero attached hydrogens (tertiary/aromatic N) is 2. The molecule has 1 rings (SSSR count). The van der Waals surface area contributed by atoms with E-state index < -0.39 is 18.4 Å². The van der Waals surface area contributed by atoms with Gasteiger partial charge in [0.05, 0.1) is 0 Å². The van der Waals surface area contributed by atoms with Gasteiger partial charge in [0, 0.05) is 0 Å². The van der Waals surface area contributed by atoms with Crippen LogP contribution in [0.4, 0.5) is 19.1 Å². The van der Waals surface area contributed by atoms with Crippen molar-refractivity contribution in [1.29, 1.82) is 0 Å². The fourth-order valence-electron chi connectivity index (χ4n) is 0.502. The van der Waals surface area contributed by atoms with Crippen molar-refractivity contribution in [3.63, 3.8) is 0 Å². The normalized spacial score (nSPS) is 11.9. The summed E-state index contributed by atoms with van der Waals surface area (Å²) in [6, 6.07) is 0. The van der Waals surface area contributed by atoms with Crippen molar-refractivity contribution < 1.29 is 13.2 Å². The highest BCUT2D eigenvalue weighted by Crippen LogP contribution is 2.24. The van der Waals surface area contributed by atoms with Gasteiger partial charge in [0.1, 0.15) is 0 Å². The molecule has 62 valence electrons. The Labute approximate surface area is 59.6 Å². The molecule has 0 aliphatic rings. The highest BCUT2D eigenvalue weighted by molar-refractivity contribution is 5.14. The van der Waals surface area contributed by atoms with Crippen molar-refractivity contribution in [3.05, 3.63) is 5.82 Å². The molecule has 3 N–H and O–H groups in total. The summed E-state index contributed by atoms with van der Waals surface area (Å²) < 4.78 is 36.3. The molecule has 0 spiro atoms.